The smallest absolute Gasteiger partial charge is 0.317 e. The molecule has 0 aliphatic carbocycles. The summed E-state index contributed by atoms with van der Waals surface area (Å²) in [7, 11) is 5.63. The van der Waals surface area contributed by atoms with Gasteiger partial charge in [-0.3, -0.25) is 0 Å². The third-order valence-electron chi connectivity index (χ3n) is 2.88. The number of amides is 2. The second-order valence-corrected chi connectivity index (χ2v) is 5.88. The molecule has 0 fully saturated rings. The zero-order valence-corrected chi connectivity index (χ0v) is 13.5. The van der Waals surface area contributed by atoms with E-state index in [1.54, 1.807) is 23.3 Å². The van der Waals surface area contributed by atoms with Gasteiger partial charge >= 0.3 is 6.03 Å². The lowest BCUT2D eigenvalue weighted by Gasteiger charge is -2.16. The Bertz CT molecular complexity index is 606. The number of urea groups is 1. The van der Waals surface area contributed by atoms with Crippen LogP contribution in [0.2, 0.25) is 0 Å². The summed E-state index contributed by atoms with van der Waals surface area (Å²) >= 11 is 1.56. The van der Waals surface area contributed by atoms with E-state index in [0.29, 0.717) is 13.1 Å². The lowest BCUT2D eigenvalue weighted by molar-refractivity contribution is 0.202. The van der Waals surface area contributed by atoms with Crippen LogP contribution in [-0.4, -0.2) is 37.1 Å². The van der Waals surface area contributed by atoms with Gasteiger partial charge in [0.25, 0.3) is 0 Å². The van der Waals surface area contributed by atoms with Crippen molar-refractivity contribution < 1.29 is 9.21 Å². The van der Waals surface area contributed by atoms with Crippen molar-refractivity contribution in [2.24, 2.45) is 0 Å². The van der Waals surface area contributed by atoms with Gasteiger partial charge in [0.1, 0.15) is 11.5 Å². The lowest BCUT2D eigenvalue weighted by Crippen LogP contribution is -2.36. The molecule has 1 N–H and O–H groups in total. The monoisotopic (exact) mass is 308 g/mol. The molecule has 2 aromatic heterocycles. The van der Waals surface area contributed by atoms with Gasteiger partial charge in [-0.2, -0.15) is 0 Å². The number of nitrogens with zero attached hydrogens (tertiary/aromatic N) is 3. The molecule has 0 bridgehead atoms. The number of thiazole rings is 1. The van der Waals surface area contributed by atoms with E-state index in [-0.39, 0.29) is 6.03 Å². The topological polar surface area (TPSA) is 61.6 Å². The first-order valence-electron chi connectivity index (χ1n) is 6.61. The molecule has 0 atom stereocenters. The van der Waals surface area contributed by atoms with Gasteiger partial charge in [0.15, 0.2) is 5.13 Å². The predicted molar refractivity (Wildman–Crippen MR) is 83.6 cm³/mol. The lowest BCUT2D eigenvalue weighted by atomic mass is 10.4. The van der Waals surface area contributed by atoms with E-state index >= 15 is 0 Å². The SMILES string of the molecule is Cc1ccc(CN(C)C(=O)NCc2csc(N(C)C)n2)o1. The van der Waals surface area contributed by atoms with E-state index < -0.39 is 0 Å². The van der Waals surface area contributed by atoms with E-state index in [2.05, 4.69) is 10.3 Å². The molecule has 114 valence electrons. The fourth-order valence-corrected chi connectivity index (χ4v) is 2.52. The van der Waals surface area contributed by atoms with Gasteiger partial charge in [-0.1, -0.05) is 0 Å². The number of nitrogens with one attached hydrogen (secondary N) is 1. The minimum Gasteiger partial charge on any atom is -0.464 e. The molecule has 0 aliphatic rings. The van der Waals surface area contributed by atoms with Gasteiger partial charge in [-0.25, -0.2) is 9.78 Å². The van der Waals surface area contributed by atoms with Crippen molar-refractivity contribution in [3.63, 3.8) is 0 Å². The fourth-order valence-electron chi connectivity index (χ4n) is 1.76. The first-order chi connectivity index (χ1) is 9.95. The van der Waals surface area contributed by atoms with Crippen LogP contribution in [-0.2, 0) is 13.1 Å². The van der Waals surface area contributed by atoms with Crippen molar-refractivity contribution in [1.82, 2.24) is 15.2 Å². The highest BCUT2D eigenvalue weighted by molar-refractivity contribution is 7.13. The summed E-state index contributed by atoms with van der Waals surface area (Å²) in [5, 5.41) is 5.73. The van der Waals surface area contributed by atoms with E-state index in [9.17, 15) is 4.79 Å². The highest BCUT2D eigenvalue weighted by Crippen LogP contribution is 2.17. The molecule has 2 heterocycles. The fraction of sp³-hybridized carbons (Fsp3) is 0.429. The zero-order chi connectivity index (χ0) is 15.4. The third kappa shape index (κ3) is 4.22. The van der Waals surface area contributed by atoms with Crippen molar-refractivity contribution in [2.45, 2.75) is 20.0 Å². The number of hydrogen-bond acceptors (Lipinski definition) is 5. The summed E-state index contributed by atoms with van der Waals surface area (Å²) in [6.07, 6.45) is 0. The highest BCUT2D eigenvalue weighted by atomic mass is 32.1. The van der Waals surface area contributed by atoms with E-state index in [0.717, 1.165) is 22.3 Å². The van der Waals surface area contributed by atoms with Gasteiger partial charge in [-0.15, -0.1) is 11.3 Å². The number of anilines is 1. The van der Waals surface area contributed by atoms with Crippen LogP contribution in [0.15, 0.2) is 21.9 Å². The van der Waals surface area contributed by atoms with Crippen LogP contribution in [0.1, 0.15) is 17.2 Å². The van der Waals surface area contributed by atoms with Crippen molar-refractivity contribution >= 4 is 22.5 Å². The standard InChI is InChI=1S/C14H20N4O2S/c1-10-5-6-12(20-10)8-18(4)13(19)15-7-11-9-21-14(16-11)17(2)3/h5-6,9H,7-8H2,1-4H3,(H,15,19). The van der Waals surface area contributed by atoms with E-state index in [4.69, 9.17) is 4.42 Å². The molecule has 0 unspecified atom stereocenters. The number of hydrogen-bond donors (Lipinski definition) is 1. The molecule has 0 aliphatic heterocycles. The highest BCUT2D eigenvalue weighted by Gasteiger charge is 2.11. The van der Waals surface area contributed by atoms with Crippen LogP contribution >= 0.6 is 11.3 Å². The van der Waals surface area contributed by atoms with Crippen LogP contribution in [0.4, 0.5) is 9.93 Å². The molecule has 0 saturated carbocycles. The molecular weight excluding hydrogens is 288 g/mol. The minimum atomic E-state index is -0.150. The van der Waals surface area contributed by atoms with Crippen LogP contribution in [0.25, 0.3) is 0 Å². The molecule has 0 radical (unpaired) electrons. The van der Waals surface area contributed by atoms with Crippen LogP contribution in [0, 0.1) is 6.92 Å². The summed E-state index contributed by atoms with van der Waals surface area (Å²) in [5.41, 5.74) is 0.860. The van der Waals surface area contributed by atoms with Gasteiger partial charge in [-0.05, 0) is 19.1 Å². The Kier molecular flexibility index (Phi) is 4.85. The summed E-state index contributed by atoms with van der Waals surface area (Å²) in [4.78, 5) is 20.0. The minimum absolute atomic E-state index is 0.150. The second kappa shape index (κ2) is 6.62. The summed E-state index contributed by atoms with van der Waals surface area (Å²) in [5.74, 6) is 1.62. The Morgan fingerprint density at radius 1 is 1.38 bits per heavy atom. The molecule has 7 heteroatoms. The first-order valence-corrected chi connectivity index (χ1v) is 7.49. The zero-order valence-electron chi connectivity index (χ0n) is 12.7. The molecule has 0 spiro atoms. The Morgan fingerprint density at radius 2 is 2.14 bits per heavy atom. The average molecular weight is 308 g/mol. The van der Waals surface area contributed by atoms with Crippen LogP contribution < -0.4 is 10.2 Å². The Morgan fingerprint density at radius 3 is 2.71 bits per heavy atom. The van der Waals surface area contributed by atoms with Gasteiger partial charge < -0.3 is 19.5 Å². The van der Waals surface area contributed by atoms with E-state index in [1.807, 2.05) is 43.4 Å². The molecule has 6 nitrogen and oxygen atoms in total. The maximum atomic E-state index is 12.0. The van der Waals surface area contributed by atoms with Crippen molar-refractivity contribution in [2.75, 3.05) is 26.0 Å². The Hall–Kier alpha value is -2.02. The normalized spacial score (nSPS) is 10.5. The number of carbonyl (C=O) groups excluding carboxylic acids is 1. The molecular formula is C14H20N4O2S. The molecule has 2 rings (SSSR count). The summed E-state index contributed by atoms with van der Waals surface area (Å²) in [6, 6.07) is 3.62. The van der Waals surface area contributed by atoms with E-state index in [1.165, 1.54) is 0 Å². The van der Waals surface area contributed by atoms with Crippen LogP contribution in [0.5, 0.6) is 0 Å². The molecule has 0 aromatic carbocycles. The number of furan rings is 1. The Labute approximate surface area is 128 Å². The van der Waals surface area contributed by atoms with Crippen molar-refractivity contribution in [1.29, 1.82) is 0 Å². The average Bonchev–Trinajstić information content (AvgIpc) is 3.05. The summed E-state index contributed by atoms with van der Waals surface area (Å²) < 4.78 is 5.46. The van der Waals surface area contributed by atoms with Gasteiger partial charge in [0.05, 0.1) is 18.8 Å². The number of aromatic nitrogens is 1. The van der Waals surface area contributed by atoms with Crippen LogP contribution in [0.3, 0.4) is 0 Å². The number of carbonyl (C=O) groups is 1. The molecule has 0 saturated heterocycles. The molecule has 2 amide bonds. The Balaban J connectivity index is 1.83. The largest absolute Gasteiger partial charge is 0.464 e. The third-order valence-corrected chi connectivity index (χ3v) is 3.94. The maximum absolute atomic E-state index is 12.0. The van der Waals surface area contributed by atoms with Gasteiger partial charge in [0.2, 0.25) is 0 Å². The van der Waals surface area contributed by atoms with Crippen molar-refractivity contribution in [3.05, 3.63) is 34.7 Å². The number of aryl methyl sites for hydroxylation is 1. The molecule has 2 aromatic rings. The molecule has 21 heavy (non-hydrogen) atoms. The van der Waals surface area contributed by atoms with Crippen molar-refractivity contribution in [3.8, 4) is 0 Å². The predicted octanol–water partition coefficient (Wildman–Crippen LogP) is 2.45. The maximum Gasteiger partial charge on any atom is 0.317 e. The number of rotatable bonds is 5. The first kappa shape index (κ1) is 15.4. The van der Waals surface area contributed by atoms with Gasteiger partial charge in [0, 0.05) is 26.5 Å². The quantitative estimate of drug-likeness (QED) is 0.921. The summed E-state index contributed by atoms with van der Waals surface area (Å²) in [6.45, 7) is 2.75. The second-order valence-electron chi connectivity index (χ2n) is 5.04.